The Bertz CT molecular complexity index is 326. The third-order valence-electron chi connectivity index (χ3n) is 4.04. The Morgan fingerprint density at radius 3 is 2.78 bits per heavy atom. The summed E-state index contributed by atoms with van der Waals surface area (Å²) < 4.78 is 0. The molecule has 2 fully saturated rings. The Hall–Kier alpha value is -0.300. The molecule has 18 heavy (non-hydrogen) atoms. The van der Waals surface area contributed by atoms with Crippen molar-refractivity contribution in [2.45, 2.75) is 36.8 Å². The third kappa shape index (κ3) is 2.52. The molecule has 2 aliphatic rings. The van der Waals surface area contributed by atoms with Gasteiger partial charge in [-0.15, -0.1) is 11.8 Å². The molecule has 2 saturated heterocycles. The molecule has 6 heteroatoms. The second-order valence-electron chi connectivity index (χ2n) is 5.35. The summed E-state index contributed by atoms with van der Waals surface area (Å²) in [7, 11) is 2.13. The number of amides is 1. The molecule has 0 bridgehead atoms. The van der Waals surface area contributed by atoms with Gasteiger partial charge >= 0.3 is 0 Å². The first kappa shape index (κ1) is 14.1. The molecule has 0 aliphatic carbocycles. The summed E-state index contributed by atoms with van der Waals surface area (Å²) in [4.78, 5) is 16.5. The minimum absolute atomic E-state index is 0.0757. The maximum absolute atomic E-state index is 12.2. The number of hydrogen-bond donors (Lipinski definition) is 2. The molecule has 104 valence electrons. The van der Waals surface area contributed by atoms with E-state index in [4.69, 9.17) is 5.73 Å². The van der Waals surface area contributed by atoms with Gasteiger partial charge in [0.1, 0.15) is 6.04 Å². The fraction of sp³-hybridized carbons (Fsp3) is 0.917. The van der Waals surface area contributed by atoms with E-state index in [1.807, 2.05) is 16.7 Å². The molecule has 5 nitrogen and oxygen atoms in total. The molecule has 3 N–H and O–H groups in total. The fourth-order valence-electron chi connectivity index (χ4n) is 2.72. The molecule has 1 unspecified atom stereocenters. The summed E-state index contributed by atoms with van der Waals surface area (Å²) in [5, 5.41) is 9.44. The number of nitrogens with zero attached hydrogens (tertiary/aromatic N) is 2. The largest absolute Gasteiger partial charge is 0.391 e. The first-order valence-corrected chi connectivity index (χ1v) is 7.52. The van der Waals surface area contributed by atoms with E-state index in [1.165, 1.54) is 0 Å². The Morgan fingerprint density at radius 1 is 1.50 bits per heavy atom. The van der Waals surface area contributed by atoms with Crippen LogP contribution in [-0.4, -0.2) is 70.3 Å². The maximum Gasteiger partial charge on any atom is 0.242 e. The topological polar surface area (TPSA) is 69.8 Å². The van der Waals surface area contributed by atoms with Gasteiger partial charge in [-0.1, -0.05) is 0 Å². The molecule has 3 atom stereocenters. The van der Waals surface area contributed by atoms with Gasteiger partial charge in [0.15, 0.2) is 0 Å². The van der Waals surface area contributed by atoms with Crippen LogP contribution in [0.5, 0.6) is 0 Å². The molecule has 2 rings (SSSR count). The number of hydrogen-bond acceptors (Lipinski definition) is 5. The molecule has 0 aromatic carbocycles. The normalized spacial score (nSPS) is 32.8. The van der Waals surface area contributed by atoms with Crippen LogP contribution in [-0.2, 0) is 4.79 Å². The molecular weight excluding hydrogens is 250 g/mol. The number of aliphatic hydroxyl groups excluding tert-OH is 1. The van der Waals surface area contributed by atoms with Crippen LogP contribution in [0.3, 0.4) is 0 Å². The van der Waals surface area contributed by atoms with E-state index in [1.54, 1.807) is 6.92 Å². The zero-order chi connectivity index (χ0) is 13.3. The standard InChI is InChI=1S/C12H23N3O2S/c1-9(16)10(13)11(17)15-5-3-4-12(8-15)14(2)6-7-18-12/h9-10,16H,3-8,13H2,1-2H3/t9-,10+,12?/m1/s1. The summed E-state index contributed by atoms with van der Waals surface area (Å²) in [6.45, 7) is 4.14. The second kappa shape index (κ2) is 5.36. The highest BCUT2D eigenvalue weighted by molar-refractivity contribution is 8.00. The van der Waals surface area contributed by atoms with E-state index in [2.05, 4.69) is 11.9 Å². The monoisotopic (exact) mass is 273 g/mol. The zero-order valence-corrected chi connectivity index (χ0v) is 11.9. The Balaban J connectivity index is 2.05. The number of aliphatic hydroxyl groups is 1. The maximum atomic E-state index is 12.2. The highest BCUT2D eigenvalue weighted by Gasteiger charge is 2.44. The van der Waals surface area contributed by atoms with Gasteiger partial charge in [0, 0.05) is 25.4 Å². The molecule has 0 radical (unpaired) electrons. The van der Waals surface area contributed by atoms with Gasteiger partial charge in [0.2, 0.25) is 5.91 Å². The van der Waals surface area contributed by atoms with Crippen molar-refractivity contribution < 1.29 is 9.90 Å². The minimum atomic E-state index is -0.795. The van der Waals surface area contributed by atoms with Crippen LogP contribution in [0.25, 0.3) is 0 Å². The molecule has 1 amide bonds. The van der Waals surface area contributed by atoms with Gasteiger partial charge in [0.25, 0.3) is 0 Å². The van der Waals surface area contributed by atoms with E-state index in [0.717, 1.165) is 38.2 Å². The lowest BCUT2D eigenvalue weighted by Crippen LogP contribution is -2.58. The first-order chi connectivity index (χ1) is 8.46. The number of likely N-dealkylation sites (N-methyl/N-ethyl adjacent to an activating group) is 1. The first-order valence-electron chi connectivity index (χ1n) is 6.54. The van der Waals surface area contributed by atoms with Crippen molar-refractivity contribution in [3.8, 4) is 0 Å². The molecule has 2 heterocycles. The van der Waals surface area contributed by atoms with E-state index in [9.17, 15) is 9.90 Å². The van der Waals surface area contributed by atoms with Gasteiger partial charge in [0.05, 0.1) is 11.0 Å². The minimum Gasteiger partial charge on any atom is -0.391 e. The van der Waals surface area contributed by atoms with Crippen LogP contribution in [0, 0.1) is 0 Å². The lowest BCUT2D eigenvalue weighted by Gasteiger charge is -2.44. The summed E-state index contributed by atoms with van der Waals surface area (Å²) in [5.74, 6) is 1.01. The van der Waals surface area contributed by atoms with E-state index >= 15 is 0 Å². The Kier molecular flexibility index (Phi) is 4.21. The van der Waals surface area contributed by atoms with E-state index in [-0.39, 0.29) is 10.8 Å². The van der Waals surface area contributed by atoms with Crippen molar-refractivity contribution >= 4 is 17.7 Å². The van der Waals surface area contributed by atoms with Crippen molar-refractivity contribution in [1.82, 2.24) is 9.80 Å². The second-order valence-corrected chi connectivity index (χ2v) is 6.80. The SMILES string of the molecule is C[C@@H](O)[C@H](N)C(=O)N1CCCC2(C1)SCCN2C. The molecule has 1 spiro atoms. The highest BCUT2D eigenvalue weighted by Crippen LogP contribution is 2.41. The third-order valence-corrected chi connectivity index (χ3v) is 5.61. The van der Waals surface area contributed by atoms with Crippen LogP contribution in [0.2, 0.25) is 0 Å². The van der Waals surface area contributed by atoms with Gasteiger partial charge in [-0.3, -0.25) is 9.69 Å². The van der Waals surface area contributed by atoms with Crippen LogP contribution in [0.4, 0.5) is 0 Å². The predicted molar refractivity (Wildman–Crippen MR) is 73.3 cm³/mol. The molecule has 0 saturated carbocycles. The Labute approximate surface area is 113 Å². The lowest BCUT2D eigenvalue weighted by atomic mass is 10.0. The summed E-state index contributed by atoms with van der Waals surface area (Å²) >= 11 is 1.94. The van der Waals surface area contributed by atoms with Crippen LogP contribution < -0.4 is 5.73 Å². The molecule has 0 aromatic heterocycles. The van der Waals surface area contributed by atoms with Crippen molar-refractivity contribution in [2.24, 2.45) is 5.73 Å². The van der Waals surface area contributed by atoms with Gasteiger partial charge in [-0.05, 0) is 26.8 Å². The summed E-state index contributed by atoms with van der Waals surface area (Å²) in [5.41, 5.74) is 5.75. The van der Waals surface area contributed by atoms with Crippen molar-refractivity contribution in [3.63, 3.8) is 0 Å². The quantitative estimate of drug-likeness (QED) is 0.722. The van der Waals surface area contributed by atoms with E-state index in [0.29, 0.717) is 0 Å². The van der Waals surface area contributed by atoms with Crippen LogP contribution in [0.1, 0.15) is 19.8 Å². The van der Waals surface area contributed by atoms with Gasteiger partial charge in [-0.25, -0.2) is 0 Å². The molecular formula is C12H23N3O2S. The zero-order valence-electron chi connectivity index (χ0n) is 11.1. The number of nitrogens with two attached hydrogens (primary N) is 1. The van der Waals surface area contributed by atoms with Gasteiger partial charge < -0.3 is 15.7 Å². The van der Waals surface area contributed by atoms with Crippen molar-refractivity contribution in [2.75, 3.05) is 32.4 Å². The van der Waals surface area contributed by atoms with Crippen molar-refractivity contribution in [3.05, 3.63) is 0 Å². The van der Waals surface area contributed by atoms with Gasteiger partial charge in [-0.2, -0.15) is 0 Å². The fourth-order valence-corrected chi connectivity index (χ4v) is 4.32. The average molecular weight is 273 g/mol. The average Bonchev–Trinajstić information content (AvgIpc) is 2.69. The van der Waals surface area contributed by atoms with E-state index < -0.39 is 12.1 Å². The summed E-state index contributed by atoms with van der Waals surface area (Å²) in [6.07, 6.45) is 1.35. The molecule has 2 aliphatic heterocycles. The van der Waals surface area contributed by atoms with Crippen LogP contribution >= 0.6 is 11.8 Å². The number of piperidine rings is 1. The number of rotatable bonds is 2. The Morgan fingerprint density at radius 2 is 2.22 bits per heavy atom. The summed E-state index contributed by atoms with van der Waals surface area (Å²) in [6, 6.07) is -0.795. The number of carbonyl (C=O) groups is 1. The van der Waals surface area contributed by atoms with Crippen molar-refractivity contribution in [1.29, 1.82) is 0 Å². The smallest absolute Gasteiger partial charge is 0.242 e. The highest BCUT2D eigenvalue weighted by atomic mass is 32.2. The lowest BCUT2D eigenvalue weighted by molar-refractivity contribution is -0.137. The van der Waals surface area contributed by atoms with Crippen LogP contribution in [0.15, 0.2) is 0 Å². The number of thioether (sulfide) groups is 1. The molecule has 0 aromatic rings. The predicted octanol–water partition coefficient (Wildman–Crippen LogP) is -0.308. The number of likely N-dealkylation sites (tertiary alicyclic amines) is 1. The number of carbonyl (C=O) groups excluding carboxylic acids is 1.